The van der Waals surface area contributed by atoms with Crippen molar-refractivity contribution < 1.29 is 23.5 Å². The van der Waals surface area contributed by atoms with Gasteiger partial charge in [0.25, 0.3) is 5.91 Å². The molecule has 29 heavy (non-hydrogen) atoms. The van der Waals surface area contributed by atoms with Gasteiger partial charge in [0.1, 0.15) is 5.82 Å². The van der Waals surface area contributed by atoms with Gasteiger partial charge in [0, 0.05) is 23.4 Å². The first kappa shape index (κ1) is 22.4. The molecule has 0 atom stereocenters. The van der Waals surface area contributed by atoms with E-state index in [2.05, 4.69) is 5.32 Å². The molecule has 0 aliphatic heterocycles. The third-order valence-electron chi connectivity index (χ3n) is 3.89. The van der Waals surface area contributed by atoms with Crippen molar-refractivity contribution >= 4 is 35.2 Å². The van der Waals surface area contributed by atoms with Gasteiger partial charge in [0.2, 0.25) is 5.91 Å². The largest absolute Gasteiger partial charge is 0.456 e. The average Bonchev–Trinajstić information content (AvgIpc) is 2.69. The number of nitrogens with one attached hydrogen (secondary N) is 1. The maximum Gasteiger partial charge on any atom is 0.307 e. The second-order valence-corrected chi connectivity index (χ2v) is 7.55. The Bertz CT molecular complexity index is 841. The van der Waals surface area contributed by atoms with Crippen LogP contribution < -0.4 is 5.32 Å². The number of amides is 2. The van der Waals surface area contributed by atoms with Gasteiger partial charge in [-0.3, -0.25) is 14.4 Å². The highest BCUT2D eigenvalue weighted by Gasteiger charge is 2.15. The second kappa shape index (κ2) is 11.2. The molecule has 0 aromatic heterocycles. The van der Waals surface area contributed by atoms with E-state index in [1.54, 1.807) is 24.3 Å². The van der Waals surface area contributed by atoms with Crippen molar-refractivity contribution in [1.82, 2.24) is 4.90 Å². The van der Waals surface area contributed by atoms with Crippen LogP contribution in [0.1, 0.15) is 12.0 Å². The molecule has 0 fully saturated rings. The SMILES string of the molecule is Cc1ccc(NC(=O)CN(C)C(=O)COC(=O)CCSc2ccc(F)cc2)cc1. The van der Waals surface area contributed by atoms with Crippen LogP contribution in [0.5, 0.6) is 0 Å². The fourth-order valence-electron chi connectivity index (χ4n) is 2.25. The number of nitrogens with zero attached hydrogens (tertiary/aromatic N) is 1. The van der Waals surface area contributed by atoms with Gasteiger partial charge < -0.3 is 15.0 Å². The summed E-state index contributed by atoms with van der Waals surface area (Å²) in [5.41, 5.74) is 1.72. The molecule has 6 nitrogen and oxygen atoms in total. The minimum Gasteiger partial charge on any atom is -0.456 e. The van der Waals surface area contributed by atoms with Crippen molar-refractivity contribution in [2.24, 2.45) is 0 Å². The Hall–Kier alpha value is -2.87. The molecule has 2 rings (SSSR count). The quantitative estimate of drug-likeness (QED) is 0.500. The fourth-order valence-corrected chi connectivity index (χ4v) is 3.08. The minimum atomic E-state index is -0.509. The highest BCUT2D eigenvalue weighted by atomic mass is 32.2. The Labute approximate surface area is 173 Å². The van der Waals surface area contributed by atoms with E-state index in [0.29, 0.717) is 11.4 Å². The van der Waals surface area contributed by atoms with E-state index in [9.17, 15) is 18.8 Å². The summed E-state index contributed by atoms with van der Waals surface area (Å²) in [5.74, 6) is -1.18. The maximum atomic E-state index is 12.8. The Balaban J connectivity index is 1.65. The first-order valence-corrected chi connectivity index (χ1v) is 9.96. The highest BCUT2D eigenvalue weighted by Crippen LogP contribution is 2.19. The van der Waals surface area contributed by atoms with Crippen molar-refractivity contribution in [3.8, 4) is 0 Å². The Morgan fingerprint density at radius 2 is 1.72 bits per heavy atom. The standard InChI is InChI=1S/C21H23FN2O4S/c1-15-3-7-17(8-4-15)23-19(25)13-24(2)20(26)14-28-21(27)11-12-29-18-9-5-16(22)6-10-18/h3-10H,11-14H2,1-2H3,(H,23,25). The van der Waals surface area contributed by atoms with Gasteiger partial charge in [0.05, 0.1) is 13.0 Å². The van der Waals surface area contributed by atoms with Crippen LogP contribution in [0.15, 0.2) is 53.4 Å². The Morgan fingerprint density at radius 3 is 2.38 bits per heavy atom. The molecule has 1 N–H and O–H groups in total. The summed E-state index contributed by atoms with van der Waals surface area (Å²) in [6.45, 7) is 1.37. The molecule has 0 saturated heterocycles. The number of esters is 1. The van der Waals surface area contributed by atoms with Crippen LogP contribution in [0, 0.1) is 12.7 Å². The molecule has 0 aliphatic rings. The van der Waals surface area contributed by atoms with Gasteiger partial charge in [-0.05, 0) is 43.3 Å². The summed E-state index contributed by atoms with van der Waals surface area (Å²) in [4.78, 5) is 37.8. The summed E-state index contributed by atoms with van der Waals surface area (Å²) >= 11 is 1.39. The fraction of sp³-hybridized carbons (Fsp3) is 0.286. The zero-order valence-electron chi connectivity index (χ0n) is 16.3. The lowest BCUT2D eigenvalue weighted by molar-refractivity contribution is -0.151. The van der Waals surface area contributed by atoms with E-state index >= 15 is 0 Å². The number of carbonyl (C=O) groups is 3. The number of ether oxygens (including phenoxy) is 1. The zero-order valence-corrected chi connectivity index (χ0v) is 17.1. The number of likely N-dealkylation sites (N-methyl/N-ethyl adjacent to an activating group) is 1. The third-order valence-corrected chi connectivity index (χ3v) is 4.90. The van der Waals surface area contributed by atoms with Gasteiger partial charge in [-0.1, -0.05) is 17.7 Å². The van der Waals surface area contributed by atoms with Crippen molar-refractivity contribution in [2.75, 3.05) is 31.3 Å². The molecular weight excluding hydrogens is 395 g/mol. The molecule has 8 heteroatoms. The summed E-state index contributed by atoms with van der Waals surface area (Å²) in [7, 11) is 1.47. The predicted molar refractivity (Wildman–Crippen MR) is 110 cm³/mol. The molecular formula is C21H23FN2O4S. The summed E-state index contributed by atoms with van der Waals surface area (Å²) < 4.78 is 17.8. The lowest BCUT2D eigenvalue weighted by Gasteiger charge is -2.16. The molecule has 0 aliphatic carbocycles. The van der Waals surface area contributed by atoms with Crippen LogP contribution in [0.3, 0.4) is 0 Å². The van der Waals surface area contributed by atoms with Crippen LogP contribution in [-0.2, 0) is 19.1 Å². The summed E-state index contributed by atoms with van der Waals surface area (Å²) in [6, 6.07) is 13.3. The minimum absolute atomic E-state index is 0.118. The van der Waals surface area contributed by atoms with Crippen LogP contribution in [0.2, 0.25) is 0 Å². The molecule has 2 amide bonds. The number of rotatable bonds is 9. The summed E-state index contributed by atoms with van der Waals surface area (Å²) in [5, 5.41) is 2.70. The molecule has 2 aromatic carbocycles. The maximum absolute atomic E-state index is 12.8. The van der Waals surface area contributed by atoms with Gasteiger partial charge in [-0.2, -0.15) is 0 Å². The lowest BCUT2D eigenvalue weighted by Crippen LogP contribution is -2.37. The molecule has 0 spiro atoms. The normalized spacial score (nSPS) is 10.3. The molecule has 0 unspecified atom stereocenters. The van der Waals surface area contributed by atoms with Crippen molar-refractivity contribution in [1.29, 1.82) is 0 Å². The molecule has 0 heterocycles. The van der Waals surface area contributed by atoms with Crippen LogP contribution >= 0.6 is 11.8 Å². The van der Waals surface area contributed by atoms with Gasteiger partial charge in [-0.15, -0.1) is 11.8 Å². The Kier molecular flexibility index (Phi) is 8.67. The summed E-state index contributed by atoms with van der Waals surface area (Å²) in [6.07, 6.45) is 0.118. The van der Waals surface area contributed by atoms with Crippen LogP contribution in [0.4, 0.5) is 10.1 Å². The van der Waals surface area contributed by atoms with E-state index < -0.39 is 18.5 Å². The smallest absolute Gasteiger partial charge is 0.307 e. The number of hydrogen-bond donors (Lipinski definition) is 1. The van der Waals surface area contributed by atoms with E-state index in [4.69, 9.17) is 4.74 Å². The van der Waals surface area contributed by atoms with E-state index in [-0.39, 0.29) is 24.7 Å². The molecule has 154 valence electrons. The first-order chi connectivity index (χ1) is 13.8. The molecule has 2 aromatic rings. The van der Waals surface area contributed by atoms with Gasteiger partial charge in [-0.25, -0.2) is 4.39 Å². The van der Waals surface area contributed by atoms with E-state index in [1.165, 1.54) is 35.8 Å². The van der Waals surface area contributed by atoms with Gasteiger partial charge >= 0.3 is 5.97 Å². The number of benzene rings is 2. The number of anilines is 1. The highest BCUT2D eigenvalue weighted by molar-refractivity contribution is 7.99. The average molecular weight is 418 g/mol. The van der Waals surface area contributed by atoms with Crippen LogP contribution in [-0.4, -0.2) is 48.6 Å². The monoisotopic (exact) mass is 418 g/mol. The predicted octanol–water partition coefficient (Wildman–Crippen LogP) is 3.26. The lowest BCUT2D eigenvalue weighted by atomic mass is 10.2. The number of aryl methyl sites for hydroxylation is 1. The Morgan fingerprint density at radius 1 is 1.07 bits per heavy atom. The zero-order chi connectivity index (χ0) is 21.2. The first-order valence-electron chi connectivity index (χ1n) is 8.98. The van der Waals surface area contributed by atoms with E-state index in [1.807, 2.05) is 19.1 Å². The number of hydrogen-bond acceptors (Lipinski definition) is 5. The third kappa shape index (κ3) is 8.35. The number of thioether (sulfide) groups is 1. The second-order valence-electron chi connectivity index (χ2n) is 6.38. The molecule has 0 bridgehead atoms. The van der Waals surface area contributed by atoms with Gasteiger partial charge in [0.15, 0.2) is 6.61 Å². The van der Waals surface area contributed by atoms with Crippen molar-refractivity contribution in [2.45, 2.75) is 18.2 Å². The molecule has 0 saturated carbocycles. The van der Waals surface area contributed by atoms with Crippen molar-refractivity contribution in [3.05, 3.63) is 59.9 Å². The number of halogens is 1. The van der Waals surface area contributed by atoms with Crippen molar-refractivity contribution in [3.63, 3.8) is 0 Å². The topological polar surface area (TPSA) is 75.7 Å². The van der Waals surface area contributed by atoms with E-state index in [0.717, 1.165) is 10.5 Å². The molecule has 0 radical (unpaired) electrons. The number of carbonyl (C=O) groups excluding carboxylic acids is 3. The van der Waals surface area contributed by atoms with Crippen LogP contribution in [0.25, 0.3) is 0 Å².